The Balaban J connectivity index is 1.60. The number of amides is 3. The number of amidine groups is 1. The largest absolute Gasteiger partial charge is 0.392 e. The van der Waals surface area contributed by atoms with Crippen LogP contribution in [0.2, 0.25) is 0 Å². The second-order valence-electron chi connectivity index (χ2n) is 7.72. The monoisotopic (exact) mass is 431 g/mol. The summed E-state index contributed by atoms with van der Waals surface area (Å²) >= 11 is 1.55. The molecule has 3 amide bonds. The normalized spacial score (nSPS) is 22.7. The van der Waals surface area contributed by atoms with Gasteiger partial charge in [-0.15, -0.1) is 0 Å². The molecule has 3 aliphatic heterocycles. The Labute approximate surface area is 180 Å². The van der Waals surface area contributed by atoms with Crippen LogP contribution in [0.15, 0.2) is 22.4 Å². The van der Waals surface area contributed by atoms with E-state index in [2.05, 4.69) is 26.5 Å². The highest BCUT2D eigenvalue weighted by Crippen LogP contribution is 2.24. The molecule has 10 nitrogen and oxygen atoms in total. The van der Waals surface area contributed by atoms with Gasteiger partial charge in [-0.05, 0) is 20.0 Å². The first-order valence-corrected chi connectivity index (χ1v) is 11.0. The molecule has 1 aromatic rings. The third kappa shape index (κ3) is 3.79. The average molecular weight is 432 g/mol. The van der Waals surface area contributed by atoms with E-state index in [1.54, 1.807) is 25.0 Å². The highest BCUT2D eigenvalue weighted by atomic mass is 32.2. The first-order chi connectivity index (χ1) is 14.4. The molecule has 2 fully saturated rings. The van der Waals surface area contributed by atoms with Crippen molar-refractivity contribution in [1.29, 1.82) is 0 Å². The van der Waals surface area contributed by atoms with Gasteiger partial charge in [-0.1, -0.05) is 16.8 Å². The summed E-state index contributed by atoms with van der Waals surface area (Å²) in [7, 11) is 5.31. The Morgan fingerprint density at radius 3 is 2.60 bits per heavy atom. The van der Waals surface area contributed by atoms with Crippen LogP contribution < -0.4 is 0 Å². The van der Waals surface area contributed by atoms with Crippen molar-refractivity contribution in [3.8, 4) is 0 Å². The molecule has 1 atom stereocenters. The van der Waals surface area contributed by atoms with Gasteiger partial charge in [-0.2, -0.15) is 0 Å². The van der Waals surface area contributed by atoms with E-state index < -0.39 is 6.04 Å². The van der Waals surface area contributed by atoms with Crippen LogP contribution in [0, 0.1) is 6.92 Å². The number of carbonyl (C=O) groups excluding carboxylic acids is 2. The van der Waals surface area contributed by atoms with E-state index in [4.69, 9.17) is 4.99 Å². The van der Waals surface area contributed by atoms with Gasteiger partial charge in [0.2, 0.25) is 11.9 Å². The number of aromatic nitrogens is 2. The van der Waals surface area contributed by atoms with Crippen molar-refractivity contribution in [2.75, 3.05) is 59.6 Å². The molecule has 1 aromatic heterocycles. The SMILES string of the molecule is Cc1ccnc(SCCN2C(=[N+]3CCN(C)CC3)N=C3C2C(=O)N(C)C(=O)N3C)n1. The molecule has 0 spiro atoms. The molecule has 0 bridgehead atoms. The van der Waals surface area contributed by atoms with Gasteiger partial charge in [0.1, 0.15) is 0 Å². The van der Waals surface area contributed by atoms with Crippen molar-refractivity contribution < 1.29 is 14.2 Å². The van der Waals surface area contributed by atoms with E-state index in [-0.39, 0.29) is 11.9 Å². The number of nitrogens with zero attached hydrogens (tertiary/aromatic N) is 8. The zero-order valence-electron chi connectivity index (χ0n) is 17.8. The van der Waals surface area contributed by atoms with Crippen LogP contribution in [-0.4, -0.2) is 124 Å². The maximum atomic E-state index is 13.0. The lowest BCUT2D eigenvalue weighted by atomic mass is 10.1. The van der Waals surface area contributed by atoms with E-state index in [0.29, 0.717) is 18.1 Å². The van der Waals surface area contributed by atoms with Crippen LogP contribution in [0.25, 0.3) is 0 Å². The predicted octanol–water partition coefficient (Wildman–Crippen LogP) is -0.202. The molecule has 1 unspecified atom stereocenters. The number of carbonyl (C=O) groups is 2. The number of fused-ring (bicyclic) bond motifs is 1. The number of rotatable bonds is 4. The number of thioether (sulfide) groups is 1. The summed E-state index contributed by atoms with van der Waals surface area (Å²) in [4.78, 5) is 45.9. The third-order valence-electron chi connectivity index (χ3n) is 5.63. The lowest BCUT2D eigenvalue weighted by molar-refractivity contribution is -0.544. The zero-order valence-corrected chi connectivity index (χ0v) is 18.6. The second-order valence-corrected chi connectivity index (χ2v) is 8.79. The maximum Gasteiger partial charge on any atom is 0.392 e. The van der Waals surface area contributed by atoms with E-state index in [1.165, 1.54) is 16.8 Å². The molecule has 2 saturated heterocycles. The molecule has 0 aromatic carbocycles. The van der Waals surface area contributed by atoms with Gasteiger partial charge in [-0.25, -0.2) is 19.7 Å². The molecule has 0 radical (unpaired) electrons. The van der Waals surface area contributed by atoms with Gasteiger partial charge in [-0.3, -0.25) is 19.2 Å². The molecule has 3 aliphatic rings. The Kier molecular flexibility index (Phi) is 5.74. The standard InChI is InChI=1S/C19H27N8O2S/c1-13-5-6-20-17(21-13)30-12-11-27-14-15(24(3)19(29)25(4)16(14)28)22-18(27)26-9-7-23(2)8-10-26/h5-6,14H,7-12H2,1-4H3/q+1. The lowest BCUT2D eigenvalue weighted by Gasteiger charge is -2.33. The van der Waals surface area contributed by atoms with Crippen molar-refractivity contribution in [3.63, 3.8) is 0 Å². The Morgan fingerprint density at radius 1 is 1.17 bits per heavy atom. The minimum atomic E-state index is -0.577. The van der Waals surface area contributed by atoms with Gasteiger partial charge < -0.3 is 4.90 Å². The van der Waals surface area contributed by atoms with Crippen LogP contribution in [-0.2, 0) is 4.79 Å². The summed E-state index contributed by atoms with van der Waals surface area (Å²) in [5.41, 5.74) is 0.924. The Bertz CT molecular complexity index is 923. The number of imide groups is 1. The van der Waals surface area contributed by atoms with Crippen LogP contribution in [0.1, 0.15) is 5.69 Å². The fourth-order valence-electron chi connectivity index (χ4n) is 3.80. The summed E-state index contributed by atoms with van der Waals surface area (Å²) in [6.45, 7) is 6.07. The van der Waals surface area contributed by atoms with Crippen molar-refractivity contribution >= 4 is 35.5 Å². The number of aryl methyl sites for hydroxylation is 1. The number of likely N-dealkylation sites (N-methyl/N-ethyl adjacent to an activating group) is 3. The molecule has 11 heteroatoms. The Hall–Kier alpha value is -2.53. The zero-order chi connectivity index (χ0) is 21.4. The van der Waals surface area contributed by atoms with E-state index in [0.717, 1.165) is 43.0 Å². The molecule has 4 heterocycles. The van der Waals surface area contributed by atoms with Gasteiger partial charge >= 0.3 is 12.0 Å². The first-order valence-electron chi connectivity index (χ1n) is 10.00. The van der Waals surface area contributed by atoms with Crippen molar-refractivity contribution in [2.24, 2.45) is 4.99 Å². The van der Waals surface area contributed by atoms with E-state index >= 15 is 0 Å². The Morgan fingerprint density at radius 2 is 1.90 bits per heavy atom. The summed E-state index contributed by atoms with van der Waals surface area (Å²) in [5, 5.41) is 0.718. The van der Waals surface area contributed by atoms with Crippen molar-refractivity contribution in [2.45, 2.75) is 18.1 Å². The lowest BCUT2D eigenvalue weighted by Crippen LogP contribution is -2.63. The predicted molar refractivity (Wildman–Crippen MR) is 114 cm³/mol. The quantitative estimate of drug-likeness (QED) is 0.371. The third-order valence-corrected chi connectivity index (χ3v) is 6.47. The summed E-state index contributed by atoms with van der Waals surface area (Å²) in [6, 6.07) is 0.941. The van der Waals surface area contributed by atoms with Gasteiger partial charge in [0.25, 0.3) is 5.91 Å². The van der Waals surface area contributed by atoms with Crippen molar-refractivity contribution in [3.05, 3.63) is 18.0 Å². The smallest absolute Gasteiger partial charge is 0.300 e. The molecular formula is C19H27N8O2S+. The summed E-state index contributed by atoms with van der Waals surface area (Å²) in [5.74, 6) is 1.75. The number of urea groups is 1. The number of piperazine rings is 1. The van der Waals surface area contributed by atoms with Gasteiger partial charge in [0.05, 0.1) is 19.6 Å². The minimum absolute atomic E-state index is 0.238. The first kappa shape index (κ1) is 20.7. The van der Waals surface area contributed by atoms with Gasteiger partial charge in [0.15, 0.2) is 5.16 Å². The molecular weight excluding hydrogens is 404 g/mol. The number of guanidine groups is 1. The number of hydrogen-bond donors (Lipinski definition) is 0. The second kappa shape index (κ2) is 8.31. The topological polar surface area (TPSA) is 88.2 Å². The highest BCUT2D eigenvalue weighted by molar-refractivity contribution is 7.99. The highest BCUT2D eigenvalue weighted by Gasteiger charge is 2.55. The van der Waals surface area contributed by atoms with Crippen LogP contribution in [0.3, 0.4) is 0 Å². The average Bonchev–Trinajstić information content (AvgIpc) is 3.11. The molecule has 0 N–H and O–H groups in total. The fraction of sp³-hybridized carbons (Fsp3) is 0.579. The van der Waals surface area contributed by atoms with Crippen LogP contribution in [0.5, 0.6) is 0 Å². The van der Waals surface area contributed by atoms with Crippen molar-refractivity contribution in [1.82, 2.24) is 29.6 Å². The molecule has 4 rings (SSSR count). The fourth-order valence-corrected chi connectivity index (χ4v) is 4.62. The summed E-state index contributed by atoms with van der Waals surface area (Å²) in [6.07, 6.45) is 1.75. The van der Waals surface area contributed by atoms with Crippen LogP contribution in [0.4, 0.5) is 4.79 Å². The van der Waals surface area contributed by atoms with E-state index in [1.807, 2.05) is 17.9 Å². The van der Waals surface area contributed by atoms with Crippen LogP contribution >= 0.6 is 11.8 Å². The van der Waals surface area contributed by atoms with Gasteiger partial charge in [0, 0.05) is 44.8 Å². The molecule has 0 aliphatic carbocycles. The number of hydrogen-bond acceptors (Lipinski definition) is 6. The molecule has 30 heavy (non-hydrogen) atoms. The minimum Gasteiger partial charge on any atom is -0.300 e. The summed E-state index contributed by atoms with van der Waals surface area (Å²) < 4.78 is 2.21. The molecule has 0 saturated carbocycles. The van der Waals surface area contributed by atoms with E-state index in [9.17, 15) is 9.59 Å². The maximum absolute atomic E-state index is 13.0. The number of aliphatic imine (C=N–C) groups is 1. The molecule has 160 valence electrons.